The molecular weight excluding hydrogens is 436 g/mol. The molecule has 0 bridgehead atoms. The van der Waals surface area contributed by atoms with Crippen molar-refractivity contribution >= 4 is 17.8 Å². The van der Waals surface area contributed by atoms with Gasteiger partial charge in [-0.25, -0.2) is 9.78 Å². The molecule has 1 amide bonds. The minimum atomic E-state index is -1.04. The van der Waals surface area contributed by atoms with Crippen molar-refractivity contribution in [1.29, 1.82) is 0 Å². The van der Waals surface area contributed by atoms with Gasteiger partial charge in [0.1, 0.15) is 0 Å². The lowest BCUT2D eigenvalue weighted by Gasteiger charge is -2.19. The number of amides is 1. The summed E-state index contributed by atoms with van der Waals surface area (Å²) in [4.78, 5) is 40.5. The number of carbonyl (C=O) groups is 3. The van der Waals surface area contributed by atoms with E-state index in [0.29, 0.717) is 32.2 Å². The number of nitrogens with one attached hydrogen (secondary N) is 1. The predicted octanol–water partition coefficient (Wildman–Crippen LogP) is 1.34. The van der Waals surface area contributed by atoms with Crippen LogP contribution < -0.4 is 14.8 Å². The number of methoxy groups -OCH3 is 1. The smallest absolute Gasteiger partial charge is 0.331 e. The van der Waals surface area contributed by atoms with E-state index in [4.69, 9.17) is 28.4 Å². The highest BCUT2D eigenvalue weighted by molar-refractivity contribution is 5.98. The van der Waals surface area contributed by atoms with Crippen LogP contribution in [0.3, 0.4) is 0 Å². The van der Waals surface area contributed by atoms with Crippen LogP contribution in [0, 0.1) is 11.8 Å². The van der Waals surface area contributed by atoms with Crippen molar-refractivity contribution < 1.29 is 42.8 Å². The summed E-state index contributed by atoms with van der Waals surface area (Å²) in [6.07, 6.45) is 2.02. The second-order valence-corrected chi connectivity index (χ2v) is 7.91. The largest absolute Gasteiger partial charge is 0.493 e. The zero-order valence-corrected chi connectivity index (χ0v) is 19.5. The van der Waals surface area contributed by atoms with Gasteiger partial charge in [-0.2, -0.15) is 0 Å². The molecule has 2 atom stereocenters. The molecule has 11 heteroatoms. The van der Waals surface area contributed by atoms with Crippen molar-refractivity contribution in [1.82, 2.24) is 10.3 Å². The van der Waals surface area contributed by atoms with E-state index in [1.54, 1.807) is 0 Å². The summed E-state index contributed by atoms with van der Waals surface area (Å²) >= 11 is 0. The first-order valence-electron chi connectivity index (χ1n) is 10.7. The first-order valence-corrected chi connectivity index (χ1v) is 10.7. The highest BCUT2D eigenvalue weighted by atomic mass is 16.7. The Morgan fingerprint density at radius 1 is 1.30 bits per heavy atom. The molecule has 33 heavy (non-hydrogen) atoms. The number of rotatable bonds is 10. The molecule has 2 heterocycles. The van der Waals surface area contributed by atoms with Gasteiger partial charge in [-0.1, -0.05) is 13.8 Å². The number of hydrogen-bond donors (Lipinski definition) is 1. The minimum absolute atomic E-state index is 0.00322. The van der Waals surface area contributed by atoms with E-state index in [-0.39, 0.29) is 36.3 Å². The Kier molecular flexibility index (Phi) is 10.8. The van der Waals surface area contributed by atoms with Crippen LogP contribution in [0.25, 0.3) is 0 Å². The van der Waals surface area contributed by atoms with Crippen LogP contribution in [0.15, 0.2) is 12.3 Å². The monoisotopic (exact) mass is 468 g/mol. The van der Waals surface area contributed by atoms with Crippen LogP contribution in [0.1, 0.15) is 37.7 Å². The van der Waals surface area contributed by atoms with Crippen molar-refractivity contribution in [3.8, 4) is 11.5 Å². The Labute approximate surface area is 193 Å². The average Bonchev–Trinajstić information content (AvgIpc) is 2.85. The molecule has 184 valence electrons. The average molecular weight is 469 g/mol. The summed E-state index contributed by atoms with van der Waals surface area (Å²) in [7, 11) is 1.39. The van der Waals surface area contributed by atoms with Crippen LogP contribution >= 0.6 is 0 Å². The third-order valence-electron chi connectivity index (χ3n) is 4.58. The molecule has 1 aliphatic heterocycles. The number of hydrogen-bond acceptors (Lipinski definition) is 10. The maximum atomic E-state index is 12.9. The van der Waals surface area contributed by atoms with Crippen molar-refractivity contribution in [2.24, 2.45) is 11.8 Å². The zero-order valence-electron chi connectivity index (χ0n) is 19.5. The van der Waals surface area contributed by atoms with E-state index in [2.05, 4.69) is 24.1 Å². The molecule has 0 aromatic carbocycles. The molecule has 1 saturated heterocycles. The molecule has 0 saturated carbocycles. The first-order chi connectivity index (χ1) is 15.8. The fourth-order valence-corrected chi connectivity index (χ4v) is 2.90. The van der Waals surface area contributed by atoms with E-state index < -0.39 is 30.7 Å². The van der Waals surface area contributed by atoms with Gasteiger partial charge in [-0.3, -0.25) is 9.59 Å². The lowest BCUT2D eigenvalue weighted by Crippen LogP contribution is -2.45. The van der Waals surface area contributed by atoms with Gasteiger partial charge < -0.3 is 33.7 Å². The molecule has 1 aromatic heterocycles. The minimum Gasteiger partial charge on any atom is -0.493 e. The number of pyridine rings is 1. The molecule has 2 unspecified atom stereocenters. The third kappa shape index (κ3) is 8.85. The normalized spacial score (nSPS) is 19.0. The lowest BCUT2D eigenvalue weighted by molar-refractivity contribution is -0.149. The van der Waals surface area contributed by atoms with Gasteiger partial charge in [0.05, 0.1) is 26.9 Å². The number of aromatic nitrogens is 1. The highest BCUT2D eigenvalue weighted by Gasteiger charge is 2.29. The molecule has 11 nitrogen and oxygen atoms in total. The number of cyclic esters (lactones) is 1. The molecule has 1 fully saturated rings. The van der Waals surface area contributed by atoms with Gasteiger partial charge in [0.25, 0.3) is 5.91 Å². The standard InChI is InChI=1S/C22H32N2O9/c1-14(2)9-30-10-16-6-8-29-12-17(22(27)31-11-16)24-21(26)19-20(33-13-32-15(3)25)18(28-4)5-7-23-19/h5,7,14,16-17H,6,8-13H2,1-4H3,(H,24,26). The fraction of sp³-hybridized carbons (Fsp3) is 0.636. The van der Waals surface area contributed by atoms with Crippen LogP contribution in [0.2, 0.25) is 0 Å². The van der Waals surface area contributed by atoms with E-state index in [1.807, 2.05) is 0 Å². The van der Waals surface area contributed by atoms with Gasteiger partial charge in [0.2, 0.25) is 6.79 Å². The number of esters is 2. The Hall–Kier alpha value is -2.92. The second kappa shape index (κ2) is 13.6. The Morgan fingerprint density at radius 3 is 2.79 bits per heavy atom. The van der Waals surface area contributed by atoms with Gasteiger partial charge >= 0.3 is 11.9 Å². The number of carbonyl (C=O) groups excluding carboxylic acids is 3. The molecule has 1 N–H and O–H groups in total. The molecule has 0 spiro atoms. The Balaban J connectivity index is 2.03. The van der Waals surface area contributed by atoms with Crippen molar-refractivity contribution in [3.63, 3.8) is 0 Å². The number of ether oxygens (including phenoxy) is 6. The molecule has 2 rings (SSSR count). The van der Waals surface area contributed by atoms with Crippen molar-refractivity contribution in [2.45, 2.75) is 33.2 Å². The molecule has 1 aliphatic rings. The lowest BCUT2D eigenvalue weighted by atomic mass is 10.1. The SMILES string of the molecule is COc1ccnc(C(=O)NC2COCCC(COCC(C)C)COC2=O)c1OCOC(C)=O. The summed E-state index contributed by atoms with van der Waals surface area (Å²) in [5, 5.41) is 2.57. The maximum absolute atomic E-state index is 12.9. The topological polar surface area (TPSA) is 132 Å². The maximum Gasteiger partial charge on any atom is 0.331 e. The molecule has 0 aliphatic carbocycles. The molecular formula is C22H32N2O9. The first kappa shape index (κ1) is 26.3. The fourth-order valence-electron chi connectivity index (χ4n) is 2.90. The number of nitrogens with zero attached hydrogens (tertiary/aromatic N) is 1. The van der Waals surface area contributed by atoms with E-state index in [9.17, 15) is 14.4 Å². The van der Waals surface area contributed by atoms with Crippen LogP contribution in [0.4, 0.5) is 0 Å². The van der Waals surface area contributed by atoms with Crippen LogP contribution in [0.5, 0.6) is 11.5 Å². The third-order valence-corrected chi connectivity index (χ3v) is 4.58. The van der Waals surface area contributed by atoms with E-state index in [1.165, 1.54) is 26.3 Å². The summed E-state index contributed by atoms with van der Waals surface area (Å²) in [5.74, 6) is -1.28. The van der Waals surface area contributed by atoms with Gasteiger partial charge in [-0.15, -0.1) is 0 Å². The second-order valence-electron chi connectivity index (χ2n) is 7.91. The van der Waals surface area contributed by atoms with Gasteiger partial charge in [0.15, 0.2) is 23.2 Å². The quantitative estimate of drug-likeness (QED) is 0.396. The van der Waals surface area contributed by atoms with E-state index in [0.717, 1.165) is 0 Å². The summed E-state index contributed by atoms with van der Waals surface area (Å²) < 4.78 is 32.0. The predicted molar refractivity (Wildman–Crippen MR) is 115 cm³/mol. The van der Waals surface area contributed by atoms with Gasteiger partial charge in [0, 0.05) is 38.3 Å². The zero-order chi connectivity index (χ0) is 24.2. The van der Waals surface area contributed by atoms with Crippen molar-refractivity contribution in [3.05, 3.63) is 18.0 Å². The Bertz CT molecular complexity index is 800. The molecule has 0 radical (unpaired) electrons. The summed E-state index contributed by atoms with van der Waals surface area (Å²) in [6, 6.07) is 0.445. The van der Waals surface area contributed by atoms with Crippen molar-refractivity contribution in [2.75, 3.05) is 46.9 Å². The highest BCUT2D eigenvalue weighted by Crippen LogP contribution is 2.29. The van der Waals surface area contributed by atoms with Crippen LogP contribution in [-0.4, -0.2) is 75.8 Å². The molecule has 1 aromatic rings. The summed E-state index contributed by atoms with van der Waals surface area (Å²) in [6.45, 7) is 6.49. The van der Waals surface area contributed by atoms with Crippen LogP contribution in [-0.2, 0) is 28.5 Å². The Morgan fingerprint density at radius 2 is 2.09 bits per heavy atom. The summed E-state index contributed by atoms with van der Waals surface area (Å²) in [5.41, 5.74) is -0.144. The van der Waals surface area contributed by atoms with Gasteiger partial charge in [-0.05, 0) is 12.3 Å². The van der Waals surface area contributed by atoms with E-state index >= 15 is 0 Å².